The van der Waals surface area contributed by atoms with Crippen molar-refractivity contribution in [2.45, 2.75) is 19.3 Å². The van der Waals surface area contributed by atoms with Gasteiger partial charge in [-0.3, -0.25) is 4.79 Å². The fourth-order valence-corrected chi connectivity index (χ4v) is 3.58. The first-order valence-corrected chi connectivity index (χ1v) is 9.38. The summed E-state index contributed by atoms with van der Waals surface area (Å²) in [6.07, 6.45) is 6.32. The van der Waals surface area contributed by atoms with Gasteiger partial charge in [0.15, 0.2) is 5.78 Å². The number of ketones is 1. The third kappa shape index (κ3) is 4.20. The number of rotatable bonds is 3. The molecule has 134 valence electrons. The summed E-state index contributed by atoms with van der Waals surface area (Å²) in [6.45, 7) is 0. The van der Waals surface area contributed by atoms with Gasteiger partial charge in [-0.1, -0.05) is 41.4 Å². The van der Waals surface area contributed by atoms with Gasteiger partial charge in [0.25, 0.3) is 0 Å². The van der Waals surface area contributed by atoms with Crippen molar-refractivity contribution < 1.29 is 4.79 Å². The Morgan fingerprint density at radius 3 is 2.04 bits per heavy atom. The molecule has 0 heterocycles. The summed E-state index contributed by atoms with van der Waals surface area (Å²) in [7, 11) is 4.02. The Morgan fingerprint density at radius 2 is 1.46 bits per heavy atom. The lowest BCUT2D eigenvalue weighted by atomic mass is 9.87. The molecule has 0 unspecified atom stereocenters. The lowest BCUT2D eigenvalue weighted by Gasteiger charge is -2.17. The number of halogens is 2. The number of anilines is 1. The molecule has 1 aliphatic rings. The smallest absolute Gasteiger partial charge is 0.185 e. The molecule has 3 rings (SSSR count). The van der Waals surface area contributed by atoms with Crippen LogP contribution in [0.4, 0.5) is 5.69 Å². The van der Waals surface area contributed by atoms with Crippen molar-refractivity contribution in [2.24, 2.45) is 0 Å². The van der Waals surface area contributed by atoms with Gasteiger partial charge in [0, 0.05) is 46.5 Å². The van der Waals surface area contributed by atoms with E-state index in [2.05, 4.69) is 17.0 Å². The van der Waals surface area contributed by atoms with Crippen LogP contribution in [0.2, 0.25) is 10.0 Å². The minimum Gasteiger partial charge on any atom is -0.378 e. The second-order valence-corrected chi connectivity index (χ2v) is 7.46. The second-order valence-electron chi connectivity index (χ2n) is 6.64. The predicted molar refractivity (Wildman–Crippen MR) is 112 cm³/mol. The van der Waals surface area contributed by atoms with E-state index in [1.807, 2.05) is 38.4 Å². The van der Waals surface area contributed by atoms with E-state index < -0.39 is 0 Å². The topological polar surface area (TPSA) is 20.3 Å². The Balaban J connectivity index is 1.89. The van der Waals surface area contributed by atoms with Crippen LogP contribution in [-0.2, 0) is 4.79 Å². The van der Waals surface area contributed by atoms with Crippen molar-refractivity contribution in [1.29, 1.82) is 0 Å². The van der Waals surface area contributed by atoms with E-state index in [1.54, 1.807) is 18.2 Å². The maximum absolute atomic E-state index is 12.9. The van der Waals surface area contributed by atoms with Gasteiger partial charge in [-0.15, -0.1) is 0 Å². The minimum atomic E-state index is 0.0870. The molecule has 4 heteroatoms. The van der Waals surface area contributed by atoms with E-state index in [0.29, 0.717) is 10.0 Å². The maximum atomic E-state index is 12.9. The molecule has 0 amide bonds. The lowest BCUT2D eigenvalue weighted by molar-refractivity contribution is -0.112. The molecule has 0 saturated heterocycles. The molecular weight excluding hydrogens is 365 g/mol. The average Bonchev–Trinajstić information content (AvgIpc) is 2.62. The number of hydrogen-bond donors (Lipinski definition) is 0. The first kappa shape index (κ1) is 18.8. The summed E-state index contributed by atoms with van der Waals surface area (Å²) in [5.74, 6) is 0.0870. The van der Waals surface area contributed by atoms with Gasteiger partial charge in [-0.25, -0.2) is 0 Å². The molecule has 0 atom stereocenters. The Bertz CT molecular complexity index is 859. The Hall–Kier alpha value is -2.03. The Labute approximate surface area is 164 Å². The molecule has 0 aliphatic heterocycles. The molecule has 2 aromatic carbocycles. The summed E-state index contributed by atoms with van der Waals surface area (Å²) in [4.78, 5) is 15.0. The van der Waals surface area contributed by atoms with Gasteiger partial charge < -0.3 is 4.90 Å². The highest BCUT2D eigenvalue weighted by Crippen LogP contribution is 2.32. The van der Waals surface area contributed by atoms with Crippen LogP contribution in [0.1, 0.15) is 30.4 Å². The highest BCUT2D eigenvalue weighted by Gasteiger charge is 2.21. The SMILES string of the molecule is CN(C)c1ccc(C=C2CCCC(=Cc3c(Cl)cccc3Cl)C2=O)cc1. The monoisotopic (exact) mass is 385 g/mol. The number of benzene rings is 2. The normalized spacial score (nSPS) is 17.8. The number of carbonyl (C=O) groups is 1. The van der Waals surface area contributed by atoms with Gasteiger partial charge in [-0.2, -0.15) is 0 Å². The zero-order valence-electron chi connectivity index (χ0n) is 14.9. The van der Waals surface area contributed by atoms with Crippen molar-refractivity contribution in [3.05, 3.63) is 74.8 Å². The van der Waals surface area contributed by atoms with E-state index in [-0.39, 0.29) is 5.78 Å². The first-order valence-electron chi connectivity index (χ1n) is 8.63. The molecule has 0 aromatic heterocycles. The predicted octanol–water partition coefficient (Wildman–Crippen LogP) is 6.28. The third-order valence-corrected chi connectivity index (χ3v) is 5.20. The van der Waals surface area contributed by atoms with Gasteiger partial charge in [0.1, 0.15) is 0 Å². The van der Waals surface area contributed by atoms with Gasteiger partial charge in [0.05, 0.1) is 0 Å². The largest absolute Gasteiger partial charge is 0.378 e. The van der Waals surface area contributed by atoms with E-state index in [0.717, 1.165) is 47.2 Å². The van der Waals surface area contributed by atoms with Crippen LogP contribution in [0, 0.1) is 0 Å². The zero-order chi connectivity index (χ0) is 18.7. The molecule has 0 bridgehead atoms. The highest BCUT2D eigenvalue weighted by molar-refractivity contribution is 6.37. The number of Topliss-reactive ketones (excluding diaryl/α,β-unsaturated/α-hetero) is 1. The maximum Gasteiger partial charge on any atom is 0.185 e. The molecular formula is C22H21Cl2NO. The van der Waals surface area contributed by atoms with Crippen LogP contribution in [0.3, 0.4) is 0 Å². The zero-order valence-corrected chi connectivity index (χ0v) is 16.4. The molecule has 26 heavy (non-hydrogen) atoms. The number of carbonyl (C=O) groups excluding carboxylic acids is 1. The first-order chi connectivity index (χ1) is 12.5. The molecule has 1 fully saturated rings. The fourth-order valence-electron chi connectivity index (χ4n) is 3.07. The standard InChI is InChI=1S/C22H21Cl2NO/c1-25(2)18-11-9-15(10-12-18)13-16-5-3-6-17(22(16)26)14-19-20(23)7-4-8-21(19)24/h4,7-14H,3,5-6H2,1-2H3. The van der Waals surface area contributed by atoms with Crippen LogP contribution in [0.15, 0.2) is 53.6 Å². The molecule has 2 nitrogen and oxygen atoms in total. The van der Waals surface area contributed by atoms with Crippen LogP contribution in [0.5, 0.6) is 0 Å². The molecule has 0 N–H and O–H groups in total. The summed E-state index contributed by atoms with van der Waals surface area (Å²) in [6, 6.07) is 13.6. The number of hydrogen-bond acceptors (Lipinski definition) is 2. The fraction of sp³-hybridized carbons (Fsp3) is 0.227. The van der Waals surface area contributed by atoms with E-state index >= 15 is 0 Å². The van der Waals surface area contributed by atoms with Crippen molar-refractivity contribution in [3.63, 3.8) is 0 Å². The van der Waals surface area contributed by atoms with Crippen molar-refractivity contribution in [1.82, 2.24) is 0 Å². The van der Waals surface area contributed by atoms with Crippen LogP contribution in [-0.4, -0.2) is 19.9 Å². The molecule has 1 aliphatic carbocycles. The Kier molecular flexibility index (Phi) is 5.85. The van der Waals surface area contributed by atoms with Crippen molar-refractivity contribution >= 4 is 46.8 Å². The summed E-state index contributed by atoms with van der Waals surface area (Å²) >= 11 is 12.5. The average molecular weight is 386 g/mol. The number of allylic oxidation sites excluding steroid dienone is 2. The third-order valence-electron chi connectivity index (χ3n) is 4.54. The quantitative estimate of drug-likeness (QED) is 0.579. The summed E-state index contributed by atoms with van der Waals surface area (Å²) < 4.78 is 0. The summed E-state index contributed by atoms with van der Waals surface area (Å²) in [5.41, 5.74) is 4.49. The van der Waals surface area contributed by atoms with E-state index in [4.69, 9.17) is 23.2 Å². The number of nitrogens with zero attached hydrogens (tertiary/aromatic N) is 1. The van der Waals surface area contributed by atoms with Gasteiger partial charge in [-0.05, 0) is 61.2 Å². The van der Waals surface area contributed by atoms with E-state index in [9.17, 15) is 4.79 Å². The van der Waals surface area contributed by atoms with Gasteiger partial charge in [0.2, 0.25) is 0 Å². The van der Waals surface area contributed by atoms with Crippen LogP contribution >= 0.6 is 23.2 Å². The Morgan fingerprint density at radius 1 is 0.885 bits per heavy atom. The molecule has 0 spiro atoms. The molecule has 2 aromatic rings. The molecule has 0 radical (unpaired) electrons. The summed E-state index contributed by atoms with van der Waals surface area (Å²) in [5, 5.41) is 1.13. The lowest BCUT2D eigenvalue weighted by Crippen LogP contribution is -2.12. The highest BCUT2D eigenvalue weighted by atomic mass is 35.5. The molecule has 1 saturated carbocycles. The van der Waals surface area contributed by atoms with Crippen LogP contribution in [0.25, 0.3) is 12.2 Å². The van der Waals surface area contributed by atoms with Crippen LogP contribution < -0.4 is 4.90 Å². The van der Waals surface area contributed by atoms with Crippen molar-refractivity contribution in [2.75, 3.05) is 19.0 Å². The minimum absolute atomic E-state index is 0.0870. The van der Waals surface area contributed by atoms with E-state index in [1.165, 1.54) is 0 Å². The van der Waals surface area contributed by atoms with Gasteiger partial charge >= 0.3 is 0 Å². The van der Waals surface area contributed by atoms with Crippen molar-refractivity contribution in [3.8, 4) is 0 Å². The second kappa shape index (κ2) is 8.11.